The molecule has 0 spiro atoms. The molecule has 0 aliphatic heterocycles. The first-order chi connectivity index (χ1) is 9.06. The van der Waals surface area contributed by atoms with Gasteiger partial charge in [-0.15, -0.1) is 0 Å². The van der Waals surface area contributed by atoms with Crippen LogP contribution in [-0.2, 0) is 4.79 Å². The highest BCUT2D eigenvalue weighted by Gasteiger charge is 2.24. The van der Waals surface area contributed by atoms with Crippen molar-refractivity contribution in [1.29, 1.82) is 0 Å². The number of amides is 1. The Morgan fingerprint density at radius 3 is 2.79 bits per heavy atom. The van der Waals surface area contributed by atoms with Crippen LogP contribution in [0.2, 0.25) is 0 Å². The van der Waals surface area contributed by atoms with E-state index in [-0.39, 0.29) is 11.9 Å². The lowest BCUT2D eigenvalue weighted by Crippen LogP contribution is -2.36. The van der Waals surface area contributed by atoms with Crippen molar-refractivity contribution < 1.29 is 4.79 Å². The molecule has 4 N–H and O–H groups in total. The standard InChI is InChI=1S/C14H20BrN3O/c1-9-4-10(15)6-12(5-9)17-13(8-16)7-14(19)18-11-2-3-11/h4-6,11,13,17H,2-3,7-8,16H2,1H3,(H,18,19). The van der Waals surface area contributed by atoms with Crippen LogP contribution in [0.25, 0.3) is 0 Å². The summed E-state index contributed by atoms with van der Waals surface area (Å²) in [5, 5.41) is 6.30. The number of carbonyl (C=O) groups excluding carboxylic acids is 1. The second-order valence-electron chi connectivity index (χ2n) is 5.14. The maximum absolute atomic E-state index is 11.8. The second kappa shape index (κ2) is 6.39. The molecule has 0 saturated heterocycles. The number of aryl methyl sites for hydroxylation is 1. The molecule has 0 radical (unpaired) electrons. The second-order valence-corrected chi connectivity index (χ2v) is 6.06. The third kappa shape index (κ3) is 4.84. The number of carbonyl (C=O) groups is 1. The Labute approximate surface area is 122 Å². The summed E-state index contributed by atoms with van der Waals surface area (Å²) in [4.78, 5) is 11.8. The van der Waals surface area contributed by atoms with Crippen LogP contribution in [0.5, 0.6) is 0 Å². The van der Waals surface area contributed by atoms with Crippen LogP contribution >= 0.6 is 15.9 Å². The molecule has 1 fully saturated rings. The molecule has 1 aliphatic carbocycles. The van der Waals surface area contributed by atoms with E-state index < -0.39 is 0 Å². The van der Waals surface area contributed by atoms with E-state index in [1.54, 1.807) is 0 Å². The molecule has 1 unspecified atom stereocenters. The minimum Gasteiger partial charge on any atom is -0.380 e. The average Bonchev–Trinajstić information content (AvgIpc) is 3.10. The highest BCUT2D eigenvalue weighted by atomic mass is 79.9. The van der Waals surface area contributed by atoms with Crippen molar-refractivity contribution in [3.63, 3.8) is 0 Å². The SMILES string of the molecule is Cc1cc(Br)cc(NC(CN)CC(=O)NC2CC2)c1. The van der Waals surface area contributed by atoms with Gasteiger partial charge in [-0.25, -0.2) is 0 Å². The molecule has 1 amide bonds. The summed E-state index contributed by atoms with van der Waals surface area (Å²) in [5.74, 6) is 0.0807. The zero-order valence-electron chi connectivity index (χ0n) is 11.1. The van der Waals surface area contributed by atoms with E-state index in [1.807, 2.05) is 25.1 Å². The van der Waals surface area contributed by atoms with Gasteiger partial charge in [0.05, 0.1) is 0 Å². The highest BCUT2D eigenvalue weighted by molar-refractivity contribution is 9.10. The Morgan fingerprint density at radius 1 is 1.47 bits per heavy atom. The smallest absolute Gasteiger partial charge is 0.222 e. The zero-order chi connectivity index (χ0) is 13.8. The number of nitrogens with two attached hydrogens (primary N) is 1. The van der Waals surface area contributed by atoms with Crippen molar-refractivity contribution in [3.8, 4) is 0 Å². The zero-order valence-corrected chi connectivity index (χ0v) is 12.7. The summed E-state index contributed by atoms with van der Waals surface area (Å²) >= 11 is 3.47. The molecule has 5 heteroatoms. The Bertz CT molecular complexity index is 440. The predicted molar refractivity (Wildman–Crippen MR) is 81.1 cm³/mol. The molecule has 1 aromatic rings. The number of hydrogen-bond donors (Lipinski definition) is 3. The fourth-order valence-corrected chi connectivity index (χ4v) is 2.59. The third-order valence-electron chi connectivity index (χ3n) is 3.07. The van der Waals surface area contributed by atoms with Gasteiger partial charge >= 0.3 is 0 Å². The quantitative estimate of drug-likeness (QED) is 0.750. The van der Waals surface area contributed by atoms with Crippen LogP contribution in [0, 0.1) is 6.92 Å². The normalized spacial score (nSPS) is 15.9. The molecule has 1 aliphatic rings. The van der Waals surface area contributed by atoms with Gasteiger partial charge < -0.3 is 16.4 Å². The molecular weight excluding hydrogens is 306 g/mol. The Morgan fingerprint density at radius 2 is 2.21 bits per heavy atom. The van der Waals surface area contributed by atoms with Crippen molar-refractivity contribution in [3.05, 3.63) is 28.2 Å². The predicted octanol–water partition coefficient (Wildman–Crippen LogP) is 2.17. The van der Waals surface area contributed by atoms with Gasteiger partial charge in [0.25, 0.3) is 0 Å². The largest absolute Gasteiger partial charge is 0.380 e. The lowest BCUT2D eigenvalue weighted by atomic mass is 10.1. The van der Waals surface area contributed by atoms with E-state index in [1.165, 1.54) is 0 Å². The first-order valence-corrected chi connectivity index (χ1v) is 7.39. The summed E-state index contributed by atoms with van der Waals surface area (Å²) in [6.07, 6.45) is 2.63. The van der Waals surface area contributed by atoms with Crippen molar-refractivity contribution in [2.45, 2.75) is 38.3 Å². The Balaban J connectivity index is 1.91. The number of halogens is 1. The van der Waals surface area contributed by atoms with Gasteiger partial charge in [-0.1, -0.05) is 15.9 Å². The number of rotatable bonds is 6. The summed E-state index contributed by atoms with van der Waals surface area (Å²) in [6, 6.07) is 6.45. The van der Waals surface area contributed by atoms with Gasteiger partial charge in [0.1, 0.15) is 0 Å². The summed E-state index contributed by atoms with van der Waals surface area (Å²) in [5.41, 5.74) is 7.89. The van der Waals surface area contributed by atoms with Crippen molar-refractivity contribution >= 4 is 27.5 Å². The van der Waals surface area contributed by atoms with Crippen molar-refractivity contribution in [2.24, 2.45) is 5.73 Å². The van der Waals surface area contributed by atoms with Gasteiger partial charge in [0, 0.05) is 35.2 Å². The topological polar surface area (TPSA) is 67.1 Å². The lowest BCUT2D eigenvalue weighted by molar-refractivity contribution is -0.121. The maximum atomic E-state index is 11.8. The molecule has 104 valence electrons. The van der Waals surface area contributed by atoms with Crippen LogP contribution in [0.15, 0.2) is 22.7 Å². The van der Waals surface area contributed by atoms with Crippen LogP contribution in [-0.4, -0.2) is 24.5 Å². The van der Waals surface area contributed by atoms with Gasteiger partial charge in [-0.2, -0.15) is 0 Å². The average molecular weight is 326 g/mol. The van der Waals surface area contributed by atoms with E-state index in [0.29, 0.717) is 19.0 Å². The first kappa shape index (κ1) is 14.3. The molecule has 1 atom stereocenters. The molecule has 19 heavy (non-hydrogen) atoms. The molecule has 0 aromatic heterocycles. The highest BCUT2D eigenvalue weighted by Crippen LogP contribution is 2.21. The van der Waals surface area contributed by atoms with Gasteiger partial charge in [-0.05, 0) is 43.5 Å². The van der Waals surface area contributed by atoms with Crippen molar-refractivity contribution in [1.82, 2.24) is 5.32 Å². The Kier molecular flexibility index (Phi) is 4.82. The van der Waals surface area contributed by atoms with E-state index in [2.05, 4.69) is 26.6 Å². The van der Waals surface area contributed by atoms with E-state index in [9.17, 15) is 4.79 Å². The van der Waals surface area contributed by atoms with E-state index in [4.69, 9.17) is 5.73 Å². The van der Waals surface area contributed by atoms with Crippen LogP contribution in [0.3, 0.4) is 0 Å². The monoisotopic (exact) mass is 325 g/mol. The third-order valence-corrected chi connectivity index (χ3v) is 3.53. The number of benzene rings is 1. The number of anilines is 1. The summed E-state index contributed by atoms with van der Waals surface area (Å²) in [6.45, 7) is 2.47. The fourth-order valence-electron chi connectivity index (χ4n) is 1.99. The summed E-state index contributed by atoms with van der Waals surface area (Å²) in [7, 11) is 0. The van der Waals surface area contributed by atoms with Gasteiger partial charge in [0.2, 0.25) is 5.91 Å². The van der Waals surface area contributed by atoms with Crippen LogP contribution < -0.4 is 16.4 Å². The van der Waals surface area contributed by atoms with E-state index in [0.717, 1.165) is 28.6 Å². The molecule has 0 bridgehead atoms. The molecule has 1 aromatic carbocycles. The molecule has 1 saturated carbocycles. The maximum Gasteiger partial charge on any atom is 0.222 e. The molecule has 4 nitrogen and oxygen atoms in total. The van der Waals surface area contributed by atoms with Crippen LogP contribution in [0.4, 0.5) is 5.69 Å². The van der Waals surface area contributed by atoms with Gasteiger partial charge in [-0.3, -0.25) is 4.79 Å². The van der Waals surface area contributed by atoms with Gasteiger partial charge in [0.15, 0.2) is 0 Å². The molecule has 2 rings (SSSR count). The first-order valence-electron chi connectivity index (χ1n) is 6.60. The lowest BCUT2D eigenvalue weighted by Gasteiger charge is -2.18. The number of nitrogens with one attached hydrogen (secondary N) is 2. The fraction of sp³-hybridized carbons (Fsp3) is 0.500. The number of hydrogen-bond acceptors (Lipinski definition) is 3. The molecule has 0 heterocycles. The summed E-state index contributed by atoms with van der Waals surface area (Å²) < 4.78 is 1.02. The van der Waals surface area contributed by atoms with E-state index >= 15 is 0 Å². The molecular formula is C14H20BrN3O. The van der Waals surface area contributed by atoms with Crippen LogP contribution in [0.1, 0.15) is 24.8 Å². The minimum absolute atomic E-state index is 0.0348. The minimum atomic E-state index is -0.0348. The Hall–Kier alpha value is -1.07. The van der Waals surface area contributed by atoms with Crippen molar-refractivity contribution in [2.75, 3.05) is 11.9 Å².